The molecule has 2 fully saturated rings. The summed E-state index contributed by atoms with van der Waals surface area (Å²) in [6.45, 7) is 3.59. The number of benzene rings is 1. The smallest absolute Gasteiger partial charge is 0.191 e. The number of aromatic nitrogens is 6. The molecule has 1 aliphatic carbocycles. The van der Waals surface area contributed by atoms with Crippen molar-refractivity contribution in [2.45, 2.75) is 23.4 Å². The van der Waals surface area contributed by atoms with E-state index in [-0.39, 0.29) is 0 Å². The van der Waals surface area contributed by atoms with Gasteiger partial charge in [-0.3, -0.25) is 4.68 Å². The molecule has 0 N–H and O–H groups in total. The van der Waals surface area contributed by atoms with E-state index >= 15 is 0 Å². The molecule has 2 aliphatic rings. The van der Waals surface area contributed by atoms with Crippen LogP contribution < -0.4 is 0 Å². The van der Waals surface area contributed by atoms with Crippen molar-refractivity contribution in [2.75, 3.05) is 25.4 Å². The third-order valence-electron chi connectivity index (χ3n) is 6.15. The molecule has 0 radical (unpaired) electrons. The third kappa shape index (κ3) is 3.64. The van der Waals surface area contributed by atoms with Crippen molar-refractivity contribution in [1.82, 2.24) is 34.7 Å². The van der Waals surface area contributed by atoms with Gasteiger partial charge in [-0.05, 0) is 43.0 Å². The number of halogens is 1. The number of aryl methyl sites for hydroxylation is 1. The van der Waals surface area contributed by atoms with Crippen LogP contribution in [0.2, 0.25) is 0 Å². The van der Waals surface area contributed by atoms with Crippen molar-refractivity contribution in [2.24, 2.45) is 20.0 Å². The number of likely N-dealkylation sites (tertiary alicyclic amines) is 1. The molecule has 2 atom stereocenters. The van der Waals surface area contributed by atoms with E-state index in [9.17, 15) is 0 Å². The van der Waals surface area contributed by atoms with Gasteiger partial charge in [0.2, 0.25) is 0 Å². The van der Waals surface area contributed by atoms with Crippen LogP contribution in [-0.2, 0) is 19.5 Å². The topological polar surface area (TPSA) is 64.7 Å². The predicted octanol–water partition coefficient (Wildman–Crippen LogP) is 3.13. The summed E-state index contributed by atoms with van der Waals surface area (Å²) in [5, 5.41) is 17.6. The second-order valence-corrected chi connectivity index (χ2v) is 10.1. The molecule has 1 aliphatic heterocycles. The zero-order chi connectivity index (χ0) is 20.0. The summed E-state index contributed by atoms with van der Waals surface area (Å²) in [7, 11) is 3.84. The van der Waals surface area contributed by atoms with Crippen molar-refractivity contribution in [1.29, 1.82) is 0 Å². The molecule has 7 nitrogen and oxygen atoms in total. The highest BCUT2D eigenvalue weighted by atomic mass is 79.9. The maximum Gasteiger partial charge on any atom is 0.191 e. The van der Waals surface area contributed by atoms with E-state index in [1.54, 1.807) is 16.4 Å². The van der Waals surface area contributed by atoms with E-state index in [4.69, 9.17) is 0 Å². The Morgan fingerprint density at radius 1 is 1.17 bits per heavy atom. The largest absolute Gasteiger partial charge is 0.304 e. The van der Waals surface area contributed by atoms with E-state index in [0.717, 1.165) is 45.8 Å². The highest BCUT2D eigenvalue weighted by Crippen LogP contribution is 2.59. The van der Waals surface area contributed by atoms with Gasteiger partial charge < -0.3 is 9.47 Å². The van der Waals surface area contributed by atoms with Gasteiger partial charge in [-0.2, -0.15) is 0 Å². The molecule has 9 heteroatoms. The summed E-state index contributed by atoms with van der Waals surface area (Å²) in [5.41, 5.74) is 2.69. The first-order chi connectivity index (χ1) is 14.0. The van der Waals surface area contributed by atoms with Crippen molar-refractivity contribution in [3.05, 3.63) is 40.5 Å². The fourth-order valence-corrected chi connectivity index (χ4v) is 5.65. The van der Waals surface area contributed by atoms with E-state index in [2.05, 4.69) is 65.6 Å². The molecule has 1 saturated heterocycles. The van der Waals surface area contributed by atoms with Crippen LogP contribution in [0.15, 0.2) is 40.1 Å². The highest BCUT2D eigenvalue weighted by molar-refractivity contribution is 9.10. The van der Waals surface area contributed by atoms with Crippen LogP contribution in [0.25, 0.3) is 11.5 Å². The molecule has 29 heavy (non-hydrogen) atoms. The minimum Gasteiger partial charge on any atom is -0.304 e. The number of hydrogen-bond donors (Lipinski definition) is 0. The zero-order valence-corrected chi connectivity index (χ0v) is 19.0. The lowest BCUT2D eigenvalue weighted by atomic mass is 9.95. The Morgan fingerprint density at radius 2 is 2.00 bits per heavy atom. The van der Waals surface area contributed by atoms with Crippen LogP contribution in [0.1, 0.15) is 18.4 Å². The van der Waals surface area contributed by atoms with Crippen molar-refractivity contribution in [3.63, 3.8) is 0 Å². The molecule has 3 aromatic rings. The lowest BCUT2D eigenvalue weighted by Gasteiger charge is -2.21. The Kier molecular flexibility index (Phi) is 4.99. The summed E-state index contributed by atoms with van der Waals surface area (Å²) in [5.74, 6) is 2.64. The van der Waals surface area contributed by atoms with Crippen LogP contribution >= 0.6 is 27.7 Å². The van der Waals surface area contributed by atoms with E-state index < -0.39 is 0 Å². The average molecular weight is 474 g/mol. The van der Waals surface area contributed by atoms with Gasteiger partial charge in [-0.25, -0.2) is 0 Å². The van der Waals surface area contributed by atoms with Gasteiger partial charge in [0.05, 0.1) is 6.20 Å². The van der Waals surface area contributed by atoms with E-state index in [1.165, 1.54) is 25.1 Å². The minimum absolute atomic E-state index is 0.420. The second kappa shape index (κ2) is 7.52. The molecule has 1 saturated carbocycles. The number of fused-ring (bicyclic) bond motifs is 1. The summed E-state index contributed by atoms with van der Waals surface area (Å²) < 4.78 is 4.84. The molecule has 3 heterocycles. The maximum atomic E-state index is 4.33. The fourth-order valence-electron chi connectivity index (χ4n) is 4.55. The van der Waals surface area contributed by atoms with Crippen molar-refractivity contribution < 1.29 is 0 Å². The number of thioether (sulfide) groups is 1. The van der Waals surface area contributed by atoms with E-state index in [0.29, 0.717) is 5.41 Å². The Balaban J connectivity index is 1.12. The summed E-state index contributed by atoms with van der Waals surface area (Å²) in [6, 6.07) is 8.95. The average Bonchev–Trinajstić information content (AvgIpc) is 3.03. The molecule has 5 rings (SSSR count). The first kappa shape index (κ1) is 19.3. The SMILES string of the molecule is Cn1cc(-c2nnc(SCCCN3C[C@@H]4C[C@]4(c4ccc(Br)cc4)C3)n2C)nn1. The zero-order valence-electron chi connectivity index (χ0n) is 16.6. The first-order valence-corrected chi connectivity index (χ1v) is 11.7. The van der Waals surface area contributed by atoms with Crippen molar-refractivity contribution >= 4 is 27.7 Å². The molecule has 0 unspecified atom stereocenters. The molecule has 0 bridgehead atoms. The fraction of sp³-hybridized carbons (Fsp3) is 0.500. The number of piperidine rings is 1. The first-order valence-electron chi connectivity index (χ1n) is 9.92. The normalized spacial score (nSPS) is 23.5. The number of nitrogens with zero attached hydrogens (tertiary/aromatic N) is 7. The van der Waals surface area contributed by atoms with Gasteiger partial charge >= 0.3 is 0 Å². The van der Waals surface area contributed by atoms with E-state index in [1.807, 2.05) is 24.9 Å². The van der Waals surface area contributed by atoms with Gasteiger partial charge in [-0.15, -0.1) is 15.3 Å². The summed E-state index contributed by atoms with van der Waals surface area (Å²) in [6.07, 6.45) is 4.36. The van der Waals surface area contributed by atoms with Gasteiger partial charge in [0.15, 0.2) is 16.7 Å². The minimum atomic E-state index is 0.420. The maximum absolute atomic E-state index is 4.33. The third-order valence-corrected chi connectivity index (χ3v) is 7.79. The quantitative estimate of drug-likeness (QED) is 0.387. The van der Waals surface area contributed by atoms with Gasteiger partial charge in [-0.1, -0.05) is 45.0 Å². The molecule has 152 valence electrons. The Hall–Kier alpha value is -1.71. The van der Waals surface area contributed by atoms with Gasteiger partial charge in [0, 0.05) is 42.8 Å². The molecular formula is C20H24BrN7S. The molecule has 1 aromatic carbocycles. The Labute approximate surface area is 183 Å². The summed E-state index contributed by atoms with van der Waals surface area (Å²) >= 11 is 5.31. The Morgan fingerprint density at radius 3 is 2.76 bits per heavy atom. The predicted molar refractivity (Wildman–Crippen MR) is 117 cm³/mol. The summed E-state index contributed by atoms with van der Waals surface area (Å²) in [4.78, 5) is 2.64. The van der Waals surface area contributed by atoms with Crippen LogP contribution in [0.5, 0.6) is 0 Å². The van der Waals surface area contributed by atoms with Gasteiger partial charge in [0.1, 0.15) is 0 Å². The Bertz CT molecular complexity index is 1010. The lowest BCUT2D eigenvalue weighted by molar-refractivity contribution is 0.299. The van der Waals surface area contributed by atoms with Crippen molar-refractivity contribution in [3.8, 4) is 11.5 Å². The highest BCUT2D eigenvalue weighted by Gasteiger charge is 2.60. The molecule has 2 aromatic heterocycles. The van der Waals surface area contributed by atoms with Crippen LogP contribution in [0, 0.1) is 5.92 Å². The molecule has 0 amide bonds. The molecule has 0 spiro atoms. The standard InChI is InChI=1S/C20H24BrN7S/c1-26-12-17(22-25-26)18-23-24-19(27(18)2)29-9-3-8-28-11-15-10-20(15,13-28)14-4-6-16(21)7-5-14/h4-7,12,15H,3,8-11,13H2,1-2H3/t15-,20+/m0/s1. The van der Waals surface area contributed by atoms with Crippen LogP contribution in [0.3, 0.4) is 0 Å². The van der Waals surface area contributed by atoms with Gasteiger partial charge in [0.25, 0.3) is 0 Å². The molecular weight excluding hydrogens is 450 g/mol. The monoisotopic (exact) mass is 473 g/mol. The van der Waals surface area contributed by atoms with Crippen LogP contribution in [-0.4, -0.2) is 60.0 Å². The van der Waals surface area contributed by atoms with Crippen LogP contribution in [0.4, 0.5) is 0 Å². The lowest BCUT2D eigenvalue weighted by Crippen LogP contribution is -2.27. The number of rotatable bonds is 7. The number of hydrogen-bond acceptors (Lipinski definition) is 6. The second-order valence-electron chi connectivity index (χ2n) is 8.14.